The second-order valence-corrected chi connectivity index (χ2v) is 8.40. The molecule has 0 saturated carbocycles. The highest BCUT2D eigenvalue weighted by molar-refractivity contribution is 6.04. The lowest BCUT2D eigenvalue weighted by molar-refractivity contribution is -0.0932. The minimum absolute atomic E-state index is 0.0242. The average molecular weight is 478 g/mol. The molecule has 182 valence electrons. The van der Waals surface area contributed by atoms with Gasteiger partial charge in [-0.3, -0.25) is 0 Å². The van der Waals surface area contributed by atoms with Gasteiger partial charge in [0.2, 0.25) is 11.5 Å². The number of carboxylic acids is 1. The van der Waals surface area contributed by atoms with Crippen molar-refractivity contribution in [2.75, 3.05) is 20.8 Å². The van der Waals surface area contributed by atoms with E-state index < -0.39 is 5.97 Å². The topological polar surface area (TPSA) is 103 Å². The maximum absolute atomic E-state index is 11.7. The molecule has 0 radical (unpaired) electrons. The summed E-state index contributed by atoms with van der Waals surface area (Å²) in [6, 6.07) is 14.8. The summed E-state index contributed by atoms with van der Waals surface area (Å²) in [6.07, 6.45) is 0. The molecule has 1 aliphatic rings. The van der Waals surface area contributed by atoms with Crippen LogP contribution in [0.5, 0.6) is 11.8 Å². The number of aliphatic imine (C=N–C) groups is 1. The lowest BCUT2D eigenvalue weighted by Gasteiger charge is -2.33. The van der Waals surface area contributed by atoms with Gasteiger partial charge in [-0.05, 0) is 24.1 Å². The Morgan fingerprint density at radius 3 is 2.26 bits per heavy atom. The zero-order valence-corrected chi connectivity index (χ0v) is 20.5. The average Bonchev–Trinajstić information content (AvgIpc) is 3.19. The smallest absolute Gasteiger partial charge is 0.336 e. The van der Waals surface area contributed by atoms with Gasteiger partial charge in [0.25, 0.3) is 11.6 Å². The number of quaternary nitrogens is 1. The maximum Gasteiger partial charge on any atom is 0.336 e. The number of fused-ring (bicyclic) bond motifs is 1. The number of aromatic nitrogens is 2. The minimum atomic E-state index is -0.959. The van der Waals surface area contributed by atoms with Crippen LogP contribution in [-0.4, -0.2) is 47.9 Å². The number of amidine groups is 1. The van der Waals surface area contributed by atoms with E-state index in [1.165, 1.54) is 7.11 Å². The van der Waals surface area contributed by atoms with Crippen LogP contribution < -0.4 is 14.1 Å². The standard InChI is InChI=1S/C26H28N4O5/c1-6-35-30(22-21(27-23(30)16(2)3)24(33-4)28-29-25(22)34-5)15-17-11-13-18(14-12-17)19-9-7-8-10-20(19)26(31)32/h7-14,16H,6,15H2,1-5H3/p+1. The molecular formula is C26H29N4O5+. The van der Waals surface area contributed by atoms with Crippen molar-refractivity contribution in [3.63, 3.8) is 0 Å². The first-order valence-corrected chi connectivity index (χ1v) is 11.4. The number of ether oxygens (including phenoxy) is 2. The summed E-state index contributed by atoms with van der Waals surface area (Å²) >= 11 is 0. The van der Waals surface area contributed by atoms with Gasteiger partial charge in [-0.25, -0.2) is 4.79 Å². The van der Waals surface area contributed by atoms with Gasteiger partial charge in [-0.1, -0.05) is 61.0 Å². The predicted molar refractivity (Wildman–Crippen MR) is 133 cm³/mol. The molecule has 35 heavy (non-hydrogen) atoms. The van der Waals surface area contributed by atoms with Gasteiger partial charge in [0, 0.05) is 5.56 Å². The van der Waals surface area contributed by atoms with E-state index in [0.29, 0.717) is 41.8 Å². The van der Waals surface area contributed by atoms with Crippen LogP contribution in [0.3, 0.4) is 0 Å². The number of hydrogen-bond acceptors (Lipinski definition) is 7. The molecule has 1 unspecified atom stereocenters. The maximum atomic E-state index is 11.7. The predicted octanol–water partition coefficient (Wildman–Crippen LogP) is 5.02. The summed E-state index contributed by atoms with van der Waals surface area (Å²) in [7, 11) is 3.07. The largest absolute Gasteiger partial charge is 0.478 e. The van der Waals surface area contributed by atoms with Crippen molar-refractivity contribution in [2.45, 2.75) is 27.3 Å². The molecule has 2 heterocycles. The van der Waals surface area contributed by atoms with E-state index in [1.807, 2.05) is 43.3 Å². The molecule has 0 aliphatic carbocycles. The third kappa shape index (κ3) is 4.24. The van der Waals surface area contributed by atoms with Crippen LogP contribution in [0.4, 0.5) is 11.4 Å². The van der Waals surface area contributed by atoms with E-state index in [4.69, 9.17) is 19.3 Å². The molecule has 3 aromatic rings. The van der Waals surface area contributed by atoms with Crippen molar-refractivity contribution in [1.82, 2.24) is 14.8 Å². The zero-order chi connectivity index (χ0) is 25.2. The van der Waals surface area contributed by atoms with Gasteiger partial charge in [-0.15, -0.1) is 10.2 Å². The van der Waals surface area contributed by atoms with Crippen LogP contribution in [0.15, 0.2) is 53.5 Å². The van der Waals surface area contributed by atoms with Gasteiger partial charge in [0.1, 0.15) is 13.2 Å². The lowest BCUT2D eigenvalue weighted by Crippen LogP contribution is -2.53. The monoisotopic (exact) mass is 477 g/mol. The zero-order valence-electron chi connectivity index (χ0n) is 20.5. The van der Waals surface area contributed by atoms with E-state index in [2.05, 4.69) is 24.0 Å². The molecule has 4 rings (SSSR count). The first-order chi connectivity index (χ1) is 16.9. The van der Waals surface area contributed by atoms with Crippen LogP contribution in [0.25, 0.3) is 11.1 Å². The van der Waals surface area contributed by atoms with Gasteiger partial charge < -0.3 is 14.6 Å². The second kappa shape index (κ2) is 9.81. The van der Waals surface area contributed by atoms with Crippen LogP contribution >= 0.6 is 0 Å². The molecule has 2 aromatic carbocycles. The second-order valence-electron chi connectivity index (χ2n) is 8.40. The Balaban J connectivity index is 1.81. The molecule has 0 bridgehead atoms. The normalized spacial score (nSPS) is 16.7. The molecule has 0 fully saturated rings. The highest BCUT2D eigenvalue weighted by atomic mass is 16.7. The van der Waals surface area contributed by atoms with E-state index in [9.17, 15) is 9.90 Å². The van der Waals surface area contributed by atoms with Crippen LogP contribution in [0.1, 0.15) is 36.7 Å². The lowest BCUT2D eigenvalue weighted by atomic mass is 9.98. The van der Waals surface area contributed by atoms with Crippen molar-refractivity contribution in [3.8, 4) is 22.9 Å². The fourth-order valence-electron chi connectivity index (χ4n) is 4.47. The van der Waals surface area contributed by atoms with E-state index in [0.717, 1.165) is 17.0 Å². The number of rotatable bonds is 9. The molecule has 1 aliphatic heterocycles. The molecule has 1 atom stereocenters. The van der Waals surface area contributed by atoms with Gasteiger partial charge in [0.15, 0.2) is 0 Å². The fourth-order valence-corrected chi connectivity index (χ4v) is 4.47. The SMILES string of the molecule is CCO[N+]1(Cc2ccc(-c3ccccc3C(=O)O)cc2)C(C(C)C)=Nc2c(OC)nnc(OC)c21. The van der Waals surface area contributed by atoms with Crippen LogP contribution in [-0.2, 0) is 11.4 Å². The fraction of sp³-hybridized carbons (Fsp3) is 0.308. The van der Waals surface area contributed by atoms with Crippen molar-refractivity contribution in [3.05, 3.63) is 59.7 Å². The Bertz CT molecular complexity index is 1270. The molecule has 0 saturated heterocycles. The van der Waals surface area contributed by atoms with Crippen LogP contribution in [0, 0.1) is 5.92 Å². The molecule has 1 N–H and O–H groups in total. The Hall–Kier alpha value is -3.82. The van der Waals surface area contributed by atoms with Crippen molar-refractivity contribution < 1.29 is 24.2 Å². The summed E-state index contributed by atoms with van der Waals surface area (Å²) in [5.41, 5.74) is 3.90. The summed E-state index contributed by atoms with van der Waals surface area (Å²) in [4.78, 5) is 23.0. The Kier molecular flexibility index (Phi) is 6.81. The first kappa shape index (κ1) is 24.3. The third-order valence-electron chi connectivity index (χ3n) is 5.90. The Morgan fingerprint density at radius 2 is 1.66 bits per heavy atom. The first-order valence-electron chi connectivity index (χ1n) is 11.4. The summed E-state index contributed by atoms with van der Waals surface area (Å²) in [5.74, 6) is 0.498. The van der Waals surface area contributed by atoms with Gasteiger partial charge >= 0.3 is 11.8 Å². The van der Waals surface area contributed by atoms with E-state index >= 15 is 0 Å². The van der Waals surface area contributed by atoms with Crippen LogP contribution in [0.2, 0.25) is 0 Å². The molecular weight excluding hydrogens is 448 g/mol. The Labute approximate surface area is 204 Å². The number of carboxylic acid groups (broad SMARTS) is 1. The third-order valence-corrected chi connectivity index (χ3v) is 5.90. The Morgan fingerprint density at radius 1 is 1.00 bits per heavy atom. The number of benzene rings is 2. The molecule has 9 nitrogen and oxygen atoms in total. The molecule has 0 amide bonds. The number of methoxy groups -OCH3 is 2. The van der Waals surface area contributed by atoms with Crippen molar-refractivity contribution in [2.24, 2.45) is 10.9 Å². The number of hydrogen-bond donors (Lipinski definition) is 1. The van der Waals surface area contributed by atoms with Crippen molar-refractivity contribution >= 4 is 23.2 Å². The minimum Gasteiger partial charge on any atom is -0.478 e. The molecule has 0 spiro atoms. The number of nitrogens with zero attached hydrogens (tertiary/aromatic N) is 4. The summed E-state index contributed by atoms with van der Waals surface area (Å²) < 4.78 is 11.0. The quantitative estimate of drug-likeness (QED) is 0.432. The van der Waals surface area contributed by atoms with E-state index in [-0.39, 0.29) is 16.1 Å². The highest BCUT2D eigenvalue weighted by Gasteiger charge is 2.52. The number of aromatic carboxylic acids is 1. The van der Waals surface area contributed by atoms with Crippen molar-refractivity contribution in [1.29, 1.82) is 0 Å². The summed E-state index contributed by atoms with van der Waals surface area (Å²) in [5, 5.41) is 17.9. The highest BCUT2D eigenvalue weighted by Crippen LogP contribution is 2.52. The number of hydroxylamine groups is 2. The summed E-state index contributed by atoms with van der Waals surface area (Å²) in [6.45, 7) is 6.89. The van der Waals surface area contributed by atoms with Gasteiger partial charge in [0.05, 0.1) is 25.7 Å². The van der Waals surface area contributed by atoms with E-state index in [1.54, 1.807) is 19.2 Å². The molecule has 1 aromatic heterocycles. The number of carbonyl (C=O) groups is 1. The van der Waals surface area contributed by atoms with Gasteiger partial charge in [-0.2, -0.15) is 9.83 Å². The molecule has 9 heteroatoms.